The number of quaternary nitrogens is 1. The first-order valence-electron chi connectivity index (χ1n) is 26.7. The van der Waals surface area contributed by atoms with Gasteiger partial charge in [-0.1, -0.05) is 189 Å². The molecule has 9 nitrogen and oxygen atoms in total. The number of hydrogen-bond acceptors (Lipinski definition) is 8. The Bertz CT molecular complexity index is 1370. The largest absolute Gasteiger partial charge is 0.545 e. The van der Waals surface area contributed by atoms with E-state index in [9.17, 15) is 19.5 Å². The number of aliphatic carboxylic acids is 1. The van der Waals surface area contributed by atoms with Gasteiger partial charge in [0, 0.05) is 12.8 Å². The Kier molecular flexibility index (Phi) is 46.3. The Labute approximate surface area is 410 Å². The molecular formula is C58H99NO8. The zero-order chi connectivity index (χ0) is 49.2. The summed E-state index contributed by atoms with van der Waals surface area (Å²) in [5.41, 5.74) is 0. The van der Waals surface area contributed by atoms with Gasteiger partial charge in [-0.2, -0.15) is 0 Å². The molecule has 0 aromatic carbocycles. The molecule has 0 bridgehead atoms. The molecule has 384 valence electrons. The summed E-state index contributed by atoms with van der Waals surface area (Å²) in [6.07, 6.45) is 60.4. The zero-order valence-electron chi connectivity index (χ0n) is 43.5. The lowest BCUT2D eigenvalue weighted by Gasteiger charge is -2.26. The summed E-state index contributed by atoms with van der Waals surface area (Å²) >= 11 is 0. The third-order valence-electron chi connectivity index (χ3n) is 11.1. The van der Waals surface area contributed by atoms with Gasteiger partial charge in [0.05, 0.1) is 40.3 Å². The number of carbonyl (C=O) groups is 3. The molecule has 0 heterocycles. The monoisotopic (exact) mass is 938 g/mol. The smallest absolute Gasteiger partial charge is 0.306 e. The number of hydrogen-bond donors (Lipinski definition) is 0. The minimum Gasteiger partial charge on any atom is -0.545 e. The lowest BCUT2D eigenvalue weighted by molar-refractivity contribution is -0.870. The van der Waals surface area contributed by atoms with Gasteiger partial charge in [-0.3, -0.25) is 9.59 Å². The summed E-state index contributed by atoms with van der Waals surface area (Å²) in [5, 5.41) is 11.7. The molecule has 0 fully saturated rings. The van der Waals surface area contributed by atoms with E-state index in [2.05, 4.69) is 98.9 Å². The van der Waals surface area contributed by atoms with Crippen molar-refractivity contribution in [1.82, 2.24) is 0 Å². The fraction of sp³-hybridized carbons (Fsp3) is 0.707. The molecule has 0 amide bonds. The maximum atomic E-state index is 12.8. The minimum absolute atomic E-state index is 0.140. The van der Waals surface area contributed by atoms with Crippen molar-refractivity contribution in [2.75, 3.05) is 47.5 Å². The summed E-state index contributed by atoms with van der Waals surface area (Å²) in [4.78, 5) is 37.2. The normalized spacial score (nSPS) is 13.5. The highest BCUT2D eigenvalue weighted by Crippen LogP contribution is 2.14. The van der Waals surface area contributed by atoms with Gasteiger partial charge in [0.2, 0.25) is 0 Å². The number of unbranched alkanes of at least 4 members (excludes halogenated alkanes) is 19. The van der Waals surface area contributed by atoms with Crippen LogP contribution in [0.15, 0.2) is 85.1 Å². The second-order valence-corrected chi connectivity index (χ2v) is 18.8. The van der Waals surface area contributed by atoms with Crippen molar-refractivity contribution in [2.24, 2.45) is 0 Å². The van der Waals surface area contributed by atoms with E-state index in [1.165, 1.54) is 64.2 Å². The highest BCUT2D eigenvalue weighted by molar-refractivity contribution is 5.70. The second-order valence-electron chi connectivity index (χ2n) is 18.8. The second kappa shape index (κ2) is 48.9. The number of ether oxygens (including phenoxy) is 4. The molecule has 0 aliphatic rings. The van der Waals surface area contributed by atoms with E-state index in [1.54, 1.807) is 0 Å². The molecule has 0 radical (unpaired) electrons. The van der Waals surface area contributed by atoms with Crippen molar-refractivity contribution in [3.8, 4) is 0 Å². The first-order valence-corrected chi connectivity index (χ1v) is 26.7. The lowest BCUT2D eigenvalue weighted by Crippen LogP contribution is -2.44. The Morgan fingerprint density at radius 3 is 1.28 bits per heavy atom. The van der Waals surface area contributed by atoms with Crippen molar-refractivity contribution in [3.63, 3.8) is 0 Å². The van der Waals surface area contributed by atoms with Gasteiger partial charge in [-0.05, 0) is 89.9 Å². The van der Waals surface area contributed by atoms with E-state index in [4.69, 9.17) is 18.9 Å². The van der Waals surface area contributed by atoms with Crippen molar-refractivity contribution in [2.45, 2.75) is 219 Å². The average molecular weight is 938 g/mol. The predicted octanol–water partition coefficient (Wildman–Crippen LogP) is 13.9. The number of carbonyl (C=O) groups excluding carboxylic acids is 3. The molecule has 0 aromatic rings. The number of esters is 2. The van der Waals surface area contributed by atoms with E-state index in [1.807, 2.05) is 21.1 Å². The zero-order valence-corrected chi connectivity index (χ0v) is 43.5. The Morgan fingerprint density at radius 1 is 0.463 bits per heavy atom. The fourth-order valence-electron chi connectivity index (χ4n) is 7.00. The van der Waals surface area contributed by atoms with Gasteiger partial charge in [0.1, 0.15) is 13.2 Å². The molecule has 0 spiro atoms. The van der Waals surface area contributed by atoms with Crippen LogP contribution in [0.3, 0.4) is 0 Å². The average Bonchev–Trinajstić information content (AvgIpc) is 3.29. The Balaban J connectivity index is 4.37. The van der Waals surface area contributed by atoms with Crippen LogP contribution in [0.25, 0.3) is 0 Å². The summed E-state index contributed by atoms with van der Waals surface area (Å²) < 4.78 is 22.6. The van der Waals surface area contributed by atoms with E-state index in [0.717, 1.165) is 109 Å². The SMILES string of the molecule is CC/C=C\C/C=C\C/C=C\C/C=C\C/C=C\C/C=C\CCCCCCCCC(=O)OC(COC(=O)CCCCCCCCC/C=C\CCCCCCCC)COC(OCC[N+](C)(C)C)C(=O)[O-]. The molecule has 67 heavy (non-hydrogen) atoms. The molecule has 0 saturated heterocycles. The number of rotatable bonds is 48. The minimum atomic E-state index is -1.63. The van der Waals surface area contributed by atoms with Gasteiger partial charge >= 0.3 is 11.9 Å². The summed E-state index contributed by atoms with van der Waals surface area (Å²) in [7, 11) is 5.90. The van der Waals surface area contributed by atoms with Gasteiger partial charge in [-0.15, -0.1) is 0 Å². The van der Waals surface area contributed by atoms with Crippen LogP contribution < -0.4 is 5.11 Å². The van der Waals surface area contributed by atoms with Crippen LogP contribution in [-0.4, -0.2) is 82.3 Å². The molecule has 0 saturated carbocycles. The van der Waals surface area contributed by atoms with E-state index >= 15 is 0 Å². The van der Waals surface area contributed by atoms with Crippen molar-refractivity contribution in [1.29, 1.82) is 0 Å². The quantitative estimate of drug-likeness (QED) is 0.0195. The molecule has 2 unspecified atom stereocenters. The van der Waals surface area contributed by atoms with Crippen LogP contribution in [0.2, 0.25) is 0 Å². The van der Waals surface area contributed by atoms with E-state index < -0.39 is 24.3 Å². The van der Waals surface area contributed by atoms with Crippen LogP contribution in [0.1, 0.15) is 206 Å². The molecule has 0 aliphatic heterocycles. The van der Waals surface area contributed by atoms with Crippen LogP contribution in [0, 0.1) is 0 Å². The number of allylic oxidation sites excluding steroid dienone is 14. The van der Waals surface area contributed by atoms with Gasteiger partial charge in [0.15, 0.2) is 12.4 Å². The predicted molar refractivity (Wildman–Crippen MR) is 278 cm³/mol. The van der Waals surface area contributed by atoms with Crippen molar-refractivity contribution in [3.05, 3.63) is 85.1 Å². The summed E-state index contributed by atoms with van der Waals surface area (Å²) in [6.45, 7) is 4.60. The number of likely N-dealkylation sites (N-methyl/N-ethyl adjacent to an activating group) is 1. The standard InChI is InChI=1S/C58H99NO8/c1-6-8-10-12-14-16-18-20-22-24-25-26-27-28-29-30-31-33-35-37-39-41-43-45-47-49-56(61)67-54(53-66-58(57(62)63)64-51-50-59(3,4)5)52-65-55(60)48-46-44-42-40-38-36-34-32-23-21-19-17-15-13-11-9-7-2/h8,10,14,16,20-23,25-26,28-29,31,33,54,58H,6-7,9,11-13,15,17-19,24,27,30,32,34-53H2,1-5H3/b10-8-,16-14-,22-20-,23-21-,26-25-,29-28-,33-31-. The van der Waals surface area contributed by atoms with Gasteiger partial charge < -0.3 is 33.3 Å². The van der Waals surface area contributed by atoms with E-state index in [-0.39, 0.29) is 38.6 Å². The summed E-state index contributed by atoms with van der Waals surface area (Å²) in [6, 6.07) is 0. The van der Waals surface area contributed by atoms with Crippen molar-refractivity contribution >= 4 is 17.9 Å². The van der Waals surface area contributed by atoms with Crippen LogP contribution in [0.4, 0.5) is 0 Å². The molecule has 9 heteroatoms. The van der Waals surface area contributed by atoms with Gasteiger partial charge in [0.25, 0.3) is 0 Å². The number of carboxylic acids is 1. The molecule has 0 rings (SSSR count). The third kappa shape index (κ3) is 50.2. The number of nitrogens with zero attached hydrogens (tertiary/aromatic N) is 1. The third-order valence-corrected chi connectivity index (χ3v) is 11.1. The highest BCUT2D eigenvalue weighted by Gasteiger charge is 2.22. The van der Waals surface area contributed by atoms with Crippen molar-refractivity contribution < 1.29 is 42.9 Å². The molecule has 0 N–H and O–H groups in total. The van der Waals surface area contributed by atoms with Crippen LogP contribution in [0.5, 0.6) is 0 Å². The van der Waals surface area contributed by atoms with Crippen LogP contribution in [-0.2, 0) is 33.3 Å². The van der Waals surface area contributed by atoms with Crippen LogP contribution >= 0.6 is 0 Å². The first-order chi connectivity index (χ1) is 32.6. The molecule has 0 aromatic heterocycles. The number of carboxylic acid groups (broad SMARTS) is 1. The topological polar surface area (TPSA) is 111 Å². The maximum Gasteiger partial charge on any atom is 0.306 e. The highest BCUT2D eigenvalue weighted by atomic mass is 16.7. The lowest BCUT2D eigenvalue weighted by atomic mass is 10.1. The molecule has 2 atom stereocenters. The maximum absolute atomic E-state index is 12.8. The Hall–Kier alpha value is -3.53. The first kappa shape index (κ1) is 63.5. The summed E-state index contributed by atoms with van der Waals surface area (Å²) in [5.74, 6) is -2.32. The van der Waals surface area contributed by atoms with Gasteiger partial charge in [-0.25, -0.2) is 0 Å². The Morgan fingerprint density at radius 2 is 0.851 bits per heavy atom. The fourth-order valence-corrected chi connectivity index (χ4v) is 7.00. The molecular weight excluding hydrogens is 839 g/mol. The van der Waals surface area contributed by atoms with E-state index in [0.29, 0.717) is 17.4 Å². The molecule has 0 aliphatic carbocycles.